The second-order valence-electron chi connectivity index (χ2n) is 6.13. The zero-order chi connectivity index (χ0) is 20.5. The number of Topliss-reactive ketones (excluding diaryl/α,β-unsaturated/α-hetero) is 1. The van der Waals surface area contributed by atoms with Crippen LogP contribution >= 0.6 is 23.2 Å². The first-order valence-electron chi connectivity index (χ1n) is 8.42. The molecule has 0 bridgehead atoms. The maximum absolute atomic E-state index is 13.0. The number of benzene rings is 3. The lowest BCUT2D eigenvalue weighted by Gasteiger charge is -2.06. The summed E-state index contributed by atoms with van der Waals surface area (Å²) in [5, 5.41) is 0.762. The number of halogens is 3. The topological polar surface area (TPSA) is 52.6 Å². The highest BCUT2D eigenvalue weighted by Gasteiger charge is 2.28. The van der Waals surface area contributed by atoms with Crippen LogP contribution in [0.2, 0.25) is 10.0 Å². The van der Waals surface area contributed by atoms with Crippen molar-refractivity contribution in [1.29, 1.82) is 0 Å². The van der Waals surface area contributed by atoms with Gasteiger partial charge in [0.05, 0.1) is 11.1 Å². The highest BCUT2D eigenvalue weighted by atomic mass is 35.5. The number of esters is 1. The molecule has 0 spiro atoms. The SMILES string of the molecule is O=C(Oc1ccc2c(c1)O/C(=C\c1c(Cl)cccc1Cl)C2=O)c1ccc(F)cc1. The van der Waals surface area contributed by atoms with Crippen LogP contribution in [0.5, 0.6) is 11.5 Å². The summed E-state index contributed by atoms with van der Waals surface area (Å²) in [4.78, 5) is 24.8. The molecular formula is C22H11Cl2FO4. The number of carbonyl (C=O) groups is 2. The van der Waals surface area contributed by atoms with Crippen LogP contribution in [0.3, 0.4) is 0 Å². The molecule has 0 saturated heterocycles. The van der Waals surface area contributed by atoms with Gasteiger partial charge in [0.1, 0.15) is 17.3 Å². The highest BCUT2D eigenvalue weighted by molar-refractivity contribution is 6.37. The Morgan fingerprint density at radius 2 is 1.69 bits per heavy atom. The molecule has 0 saturated carbocycles. The lowest BCUT2D eigenvalue weighted by atomic mass is 10.1. The molecule has 1 heterocycles. The van der Waals surface area contributed by atoms with Gasteiger partial charge in [0.25, 0.3) is 0 Å². The highest BCUT2D eigenvalue weighted by Crippen LogP contribution is 2.36. The fraction of sp³-hybridized carbons (Fsp3) is 0. The van der Waals surface area contributed by atoms with Crippen molar-refractivity contribution in [2.45, 2.75) is 0 Å². The first-order valence-corrected chi connectivity index (χ1v) is 9.18. The Morgan fingerprint density at radius 3 is 2.38 bits per heavy atom. The minimum Gasteiger partial charge on any atom is -0.452 e. The molecule has 4 rings (SSSR count). The molecule has 3 aromatic carbocycles. The third-order valence-corrected chi connectivity index (χ3v) is 4.87. The van der Waals surface area contributed by atoms with Crippen molar-refractivity contribution in [2.24, 2.45) is 0 Å². The average Bonchev–Trinajstić information content (AvgIpc) is 3.00. The summed E-state index contributed by atoms with van der Waals surface area (Å²) in [7, 11) is 0. The molecule has 0 fully saturated rings. The van der Waals surface area contributed by atoms with Gasteiger partial charge in [-0.1, -0.05) is 29.3 Å². The van der Waals surface area contributed by atoms with Crippen LogP contribution in [0.15, 0.2) is 66.4 Å². The standard InChI is InChI=1S/C22H11Cl2FO4/c23-17-2-1-3-18(24)16(17)11-20-21(26)15-9-8-14(10-19(15)29-20)28-22(27)12-4-6-13(25)7-5-12/h1-11H/b20-11-. The Morgan fingerprint density at radius 1 is 1.00 bits per heavy atom. The summed E-state index contributed by atoms with van der Waals surface area (Å²) in [5.41, 5.74) is 0.980. The fourth-order valence-electron chi connectivity index (χ4n) is 2.76. The number of fused-ring (bicyclic) bond motifs is 1. The number of ketones is 1. The lowest BCUT2D eigenvalue weighted by molar-refractivity contribution is 0.0734. The van der Waals surface area contributed by atoms with Crippen molar-refractivity contribution < 1.29 is 23.5 Å². The van der Waals surface area contributed by atoms with E-state index < -0.39 is 11.8 Å². The van der Waals surface area contributed by atoms with E-state index in [1.807, 2.05) is 0 Å². The summed E-state index contributed by atoms with van der Waals surface area (Å²) in [6.45, 7) is 0. The van der Waals surface area contributed by atoms with E-state index in [4.69, 9.17) is 32.7 Å². The predicted octanol–water partition coefficient (Wildman–Crippen LogP) is 5.97. The minimum absolute atomic E-state index is 0.0528. The van der Waals surface area contributed by atoms with Gasteiger partial charge in [-0.3, -0.25) is 4.79 Å². The van der Waals surface area contributed by atoms with E-state index in [1.165, 1.54) is 36.4 Å². The van der Waals surface area contributed by atoms with Crippen LogP contribution in [0.25, 0.3) is 6.08 Å². The molecule has 4 nitrogen and oxygen atoms in total. The van der Waals surface area contributed by atoms with Gasteiger partial charge in [0.15, 0.2) is 5.76 Å². The first-order chi connectivity index (χ1) is 13.9. The predicted molar refractivity (Wildman–Crippen MR) is 107 cm³/mol. The van der Waals surface area contributed by atoms with Crippen molar-refractivity contribution in [3.05, 3.63) is 99.0 Å². The van der Waals surface area contributed by atoms with E-state index in [1.54, 1.807) is 18.2 Å². The molecule has 1 aliphatic rings. The van der Waals surface area contributed by atoms with Crippen LogP contribution in [0, 0.1) is 5.82 Å². The van der Waals surface area contributed by atoms with Crippen LogP contribution < -0.4 is 9.47 Å². The van der Waals surface area contributed by atoms with Gasteiger partial charge in [0.2, 0.25) is 5.78 Å². The molecular weight excluding hydrogens is 418 g/mol. The molecule has 3 aromatic rings. The van der Waals surface area contributed by atoms with Gasteiger partial charge in [-0.2, -0.15) is 0 Å². The largest absolute Gasteiger partial charge is 0.452 e. The van der Waals surface area contributed by atoms with Crippen LogP contribution in [0.4, 0.5) is 4.39 Å². The molecule has 144 valence electrons. The monoisotopic (exact) mass is 428 g/mol. The molecule has 0 N–H and O–H groups in total. The molecule has 29 heavy (non-hydrogen) atoms. The molecule has 1 aliphatic heterocycles. The lowest BCUT2D eigenvalue weighted by Crippen LogP contribution is -2.08. The molecule has 0 radical (unpaired) electrons. The Labute approximate surface area is 175 Å². The van der Waals surface area contributed by atoms with Crippen molar-refractivity contribution >= 4 is 41.0 Å². The zero-order valence-corrected chi connectivity index (χ0v) is 16.1. The molecule has 0 unspecified atom stereocenters. The van der Waals surface area contributed by atoms with E-state index in [0.29, 0.717) is 21.2 Å². The van der Waals surface area contributed by atoms with E-state index in [0.717, 1.165) is 12.1 Å². The van der Waals surface area contributed by atoms with E-state index >= 15 is 0 Å². The Bertz CT molecular complexity index is 1150. The molecule has 0 aromatic heterocycles. The second-order valence-corrected chi connectivity index (χ2v) is 6.94. The molecule has 7 heteroatoms. The molecule has 0 atom stereocenters. The normalized spacial score (nSPS) is 13.9. The van der Waals surface area contributed by atoms with Crippen LogP contribution in [-0.2, 0) is 0 Å². The van der Waals surface area contributed by atoms with Crippen molar-refractivity contribution in [3.8, 4) is 11.5 Å². The van der Waals surface area contributed by atoms with Crippen molar-refractivity contribution in [1.82, 2.24) is 0 Å². The van der Waals surface area contributed by atoms with Gasteiger partial charge in [-0.25, -0.2) is 9.18 Å². The van der Waals surface area contributed by atoms with Gasteiger partial charge in [0, 0.05) is 21.7 Å². The van der Waals surface area contributed by atoms with Crippen LogP contribution in [-0.4, -0.2) is 11.8 Å². The summed E-state index contributed by atoms with van der Waals surface area (Å²) < 4.78 is 23.9. The van der Waals surface area contributed by atoms with Gasteiger partial charge >= 0.3 is 5.97 Å². The Hall–Kier alpha value is -3.15. The zero-order valence-electron chi connectivity index (χ0n) is 14.6. The smallest absolute Gasteiger partial charge is 0.343 e. The van der Waals surface area contributed by atoms with E-state index in [-0.39, 0.29) is 28.6 Å². The minimum atomic E-state index is -0.659. The molecule has 0 amide bonds. The van der Waals surface area contributed by atoms with Gasteiger partial charge in [-0.05, 0) is 54.6 Å². The maximum Gasteiger partial charge on any atom is 0.343 e. The maximum atomic E-state index is 13.0. The summed E-state index contributed by atoms with van der Waals surface area (Å²) in [6, 6.07) is 14.4. The number of allylic oxidation sites excluding steroid dienone is 1. The van der Waals surface area contributed by atoms with Crippen molar-refractivity contribution in [2.75, 3.05) is 0 Å². The number of rotatable bonds is 3. The number of hydrogen-bond acceptors (Lipinski definition) is 4. The van der Waals surface area contributed by atoms with E-state index in [9.17, 15) is 14.0 Å². The second kappa shape index (κ2) is 7.70. The number of ether oxygens (including phenoxy) is 2. The molecule has 0 aliphatic carbocycles. The third-order valence-electron chi connectivity index (χ3n) is 4.21. The third kappa shape index (κ3) is 3.88. The fourth-order valence-corrected chi connectivity index (χ4v) is 3.27. The van der Waals surface area contributed by atoms with Crippen molar-refractivity contribution in [3.63, 3.8) is 0 Å². The summed E-state index contributed by atoms with van der Waals surface area (Å²) in [6.07, 6.45) is 1.47. The van der Waals surface area contributed by atoms with E-state index in [2.05, 4.69) is 0 Å². The number of hydrogen-bond donors (Lipinski definition) is 0. The summed E-state index contributed by atoms with van der Waals surface area (Å²) in [5.74, 6) is -0.974. The first kappa shape index (κ1) is 19.2. The Balaban J connectivity index is 1.58. The number of carbonyl (C=O) groups excluding carboxylic acids is 2. The average molecular weight is 429 g/mol. The Kier molecular flexibility index (Phi) is 5.09. The van der Waals surface area contributed by atoms with Gasteiger partial charge in [-0.15, -0.1) is 0 Å². The van der Waals surface area contributed by atoms with Crippen LogP contribution in [0.1, 0.15) is 26.3 Å². The van der Waals surface area contributed by atoms with Gasteiger partial charge < -0.3 is 9.47 Å². The quantitative estimate of drug-likeness (QED) is 0.293. The summed E-state index contributed by atoms with van der Waals surface area (Å²) >= 11 is 12.3.